The van der Waals surface area contributed by atoms with Crippen LogP contribution in [0.25, 0.3) is 0 Å². The molecule has 0 unspecified atom stereocenters. The first-order chi connectivity index (χ1) is 7.06. The summed E-state index contributed by atoms with van der Waals surface area (Å²) in [6.07, 6.45) is -1.01. The Morgan fingerprint density at radius 3 is 2.67 bits per heavy atom. The lowest BCUT2D eigenvalue weighted by molar-refractivity contribution is 0.0928. The Balaban J connectivity index is 2.71. The number of ether oxygens (including phenoxy) is 1. The summed E-state index contributed by atoms with van der Waals surface area (Å²) in [6.45, 7) is 0. The largest absolute Gasteiger partial charge is 0.504 e. The number of carbonyl (C=O) groups excluding carboxylic acids is 1. The van der Waals surface area contributed by atoms with Crippen LogP contribution in [-0.4, -0.2) is 28.2 Å². The minimum Gasteiger partial charge on any atom is -0.504 e. The van der Waals surface area contributed by atoms with E-state index in [9.17, 15) is 20.1 Å². The highest BCUT2D eigenvalue weighted by atomic mass is 16.5. The third-order valence-electron chi connectivity index (χ3n) is 2.51. The molecule has 3 N–H and O–H groups in total. The highest BCUT2D eigenvalue weighted by molar-refractivity contribution is 6.04. The number of hydrogen-bond donors (Lipinski definition) is 3. The van der Waals surface area contributed by atoms with E-state index in [2.05, 4.69) is 0 Å². The summed E-state index contributed by atoms with van der Waals surface area (Å²) >= 11 is 0. The van der Waals surface area contributed by atoms with E-state index in [0.29, 0.717) is 5.56 Å². The quantitative estimate of drug-likeness (QED) is 0.595. The van der Waals surface area contributed by atoms with E-state index < -0.39 is 17.6 Å². The first-order valence-electron chi connectivity index (χ1n) is 4.40. The maximum Gasteiger partial charge on any atom is 0.201 e. The molecule has 0 spiro atoms. The second-order valence-corrected chi connectivity index (χ2v) is 3.38. The molecule has 0 radical (unpaired) electrons. The molecule has 2 rings (SSSR count). The van der Waals surface area contributed by atoms with Gasteiger partial charge in [-0.15, -0.1) is 0 Å². The van der Waals surface area contributed by atoms with Gasteiger partial charge in [-0.3, -0.25) is 4.79 Å². The van der Waals surface area contributed by atoms with Gasteiger partial charge in [0, 0.05) is 6.42 Å². The molecule has 0 amide bonds. The highest BCUT2D eigenvalue weighted by Gasteiger charge is 2.33. The molecule has 5 nitrogen and oxygen atoms in total. The second-order valence-electron chi connectivity index (χ2n) is 3.38. The number of aromatic hydroxyl groups is 2. The van der Waals surface area contributed by atoms with Crippen LogP contribution in [0, 0.1) is 0 Å². The van der Waals surface area contributed by atoms with E-state index in [1.807, 2.05) is 0 Å². The molecule has 0 bridgehead atoms. The SMILES string of the molecule is COc1cc2c(c(O)c1O)C(=O)C[C@@H]2O. The fraction of sp³-hybridized carbons (Fsp3) is 0.300. The van der Waals surface area contributed by atoms with Gasteiger partial charge in [-0.1, -0.05) is 0 Å². The van der Waals surface area contributed by atoms with Crippen molar-refractivity contribution < 1.29 is 24.9 Å². The summed E-state index contributed by atoms with van der Waals surface area (Å²) < 4.78 is 4.80. The molecular formula is C10H10O5. The fourth-order valence-electron chi connectivity index (χ4n) is 1.75. The number of methoxy groups -OCH3 is 1. The zero-order valence-corrected chi connectivity index (χ0v) is 8.02. The number of aliphatic hydroxyl groups is 1. The molecule has 1 aliphatic rings. The molecule has 15 heavy (non-hydrogen) atoms. The van der Waals surface area contributed by atoms with Gasteiger partial charge in [-0.25, -0.2) is 0 Å². The molecule has 1 aromatic rings. The Morgan fingerprint density at radius 2 is 2.07 bits per heavy atom. The summed E-state index contributed by atoms with van der Waals surface area (Å²) in [4.78, 5) is 11.4. The molecule has 0 saturated heterocycles. The normalized spacial score (nSPS) is 19.1. The first-order valence-corrected chi connectivity index (χ1v) is 4.40. The summed E-state index contributed by atoms with van der Waals surface area (Å²) in [7, 11) is 1.32. The topological polar surface area (TPSA) is 87.0 Å². The Hall–Kier alpha value is -1.75. The van der Waals surface area contributed by atoms with Crippen LogP contribution in [0.15, 0.2) is 6.07 Å². The Bertz CT molecular complexity index is 438. The lowest BCUT2D eigenvalue weighted by Crippen LogP contribution is -1.94. The van der Waals surface area contributed by atoms with Crippen LogP contribution < -0.4 is 4.74 Å². The third-order valence-corrected chi connectivity index (χ3v) is 2.51. The Morgan fingerprint density at radius 1 is 1.40 bits per heavy atom. The molecule has 0 aliphatic heterocycles. The van der Waals surface area contributed by atoms with Gasteiger partial charge in [-0.2, -0.15) is 0 Å². The fourth-order valence-corrected chi connectivity index (χ4v) is 1.75. The van der Waals surface area contributed by atoms with Gasteiger partial charge < -0.3 is 20.1 Å². The van der Waals surface area contributed by atoms with Crippen molar-refractivity contribution in [3.8, 4) is 17.2 Å². The standard InChI is InChI=1S/C10H10O5/c1-15-7-2-4-5(11)3-6(12)8(4)10(14)9(7)13/h2,5,11,13-14H,3H2,1H3/t5-/m0/s1. The number of hydrogen-bond acceptors (Lipinski definition) is 5. The average Bonchev–Trinajstić information content (AvgIpc) is 2.47. The molecular weight excluding hydrogens is 200 g/mol. The van der Waals surface area contributed by atoms with Gasteiger partial charge >= 0.3 is 0 Å². The molecule has 0 aromatic heterocycles. The van der Waals surface area contributed by atoms with Crippen LogP contribution in [-0.2, 0) is 0 Å². The van der Waals surface area contributed by atoms with Crippen molar-refractivity contribution in [1.29, 1.82) is 0 Å². The number of aliphatic hydroxyl groups excluding tert-OH is 1. The average molecular weight is 210 g/mol. The number of benzene rings is 1. The monoisotopic (exact) mass is 210 g/mol. The van der Waals surface area contributed by atoms with Gasteiger partial charge in [0.15, 0.2) is 17.3 Å². The predicted molar refractivity (Wildman–Crippen MR) is 50.2 cm³/mol. The lowest BCUT2D eigenvalue weighted by atomic mass is 10.1. The number of carbonyl (C=O) groups is 1. The van der Waals surface area contributed by atoms with Crippen molar-refractivity contribution >= 4 is 5.78 Å². The number of ketones is 1. The molecule has 1 aliphatic carbocycles. The Kier molecular flexibility index (Phi) is 2.04. The molecule has 1 atom stereocenters. The van der Waals surface area contributed by atoms with Crippen LogP contribution in [0.4, 0.5) is 0 Å². The van der Waals surface area contributed by atoms with E-state index in [-0.39, 0.29) is 23.5 Å². The zero-order chi connectivity index (χ0) is 11.2. The summed E-state index contributed by atoms with van der Waals surface area (Å²) in [5.41, 5.74) is 0.285. The van der Waals surface area contributed by atoms with Gasteiger partial charge in [0.2, 0.25) is 5.75 Å². The molecule has 80 valence electrons. The maximum absolute atomic E-state index is 11.4. The first kappa shape index (κ1) is 9.79. The van der Waals surface area contributed by atoms with Crippen molar-refractivity contribution in [1.82, 2.24) is 0 Å². The van der Waals surface area contributed by atoms with Crippen LogP contribution in [0.3, 0.4) is 0 Å². The summed E-state index contributed by atoms with van der Waals surface area (Å²) in [6, 6.07) is 1.36. The van der Waals surface area contributed by atoms with E-state index in [4.69, 9.17) is 4.74 Å². The van der Waals surface area contributed by atoms with Gasteiger partial charge in [0.25, 0.3) is 0 Å². The van der Waals surface area contributed by atoms with Crippen LogP contribution in [0.1, 0.15) is 28.4 Å². The minimum atomic E-state index is -0.937. The molecule has 1 aromatic carbocycles. The molecule has 0 saturated carbocycles. The molecule has 0 heterocycles. The van der Waals surface area contributed by atoms with Crippen molar-refractivity contribution in [2.45, 2.75) is 12.5 Å². The highest BCUT2D eigenvalue weighted by Crippen LogP contribution is 2.46. The summed E-state index contributed by atoms with van der Waals surface area (Å²) in [5, 5.41) is 28.5. The van der Waals surface area contributed by atoms with Crippen LogP contribution in [0.2, 0.25) is 0 Å². The van der Waals surface area contributed by atoms with Gasteiger partial charge in [0.05, 0.1) is 18.8 Å². The maximum atomic E-state index is 11.4. The van der Waals surface area contributed by atoms with E-state index in [1.165, 1.54) is 13.2 Å². The number of phenols is 2. The van der Waals surface area contributed by atoms with E-state index in [1.54, 1.807) is 0 Å². The molecule has 5 heteroatoms. The number of Topliss-reactive ketones (excluding diaryl/α,β-unsaturated/α-hetero) is 1. The van der Waals surface area contributed by atoms with Crippen LogP contribution in [0.5, 0.6) is 17.2 Å². The van der Waals surface area contributed by atoms with Crippen LogP contribution >= 0.6 is 0 Å². The summed E-state index contributed by atoms with van der Waals surface area (Å²) in [5.74, 6) is -1.34. The Labute approximate surface area is 85.5 Å². The van der Waals surface area contributed by atoms with Gasteiger partial charge in [0.1, 0.15) is 0 Å². The zero-order valence-electron chi connectivity index (χ0n) is 8.02. The predicted octanol–water partition coefficient (Wildman–Crippen LogP) is 0.726. The van der Waals surface area contributed by atoms with E-state index in [0.717, 1.165) is 0 Å². The number of fused-ring (bicyclic) bond motifs is 1. The smallest absolute Gasteiger partial charge is 0.201 e. The number of rotatable bonds is 1. The lowest BCUT2D eigenvalue weighted by Gasteiger charge is -2.10. The third kappa shape index (κ3) is 1.24. The van der Waals surface area contributed by atoms with Crippen molar-refractivity contribution in [2.75, 3.05) is 7.11 Å². The van der Waals surface area contributed by atoms with Crippen molar-refractivity contribution in [3.05, 3.63) is 17.2 Å². The van der Waals surface area contributed by atoms with Gasteiger partial charge in [-0.05, 0) is 11.6 Å². The van der Waals surface area contributed by atoms with E-state index >= 15 is 0 Å². The van der Waals surface area contributed by atoms with Crippen molar-refractivity contribution in [2.24, 2.45) is 0 Å². The second kappa shape index (κ2) is 3.13. The molecule has 0 fully saturated rings. The minimum absolute atomic E-state index is 0.0131. The van der Waals surface area contributed by atoms with Crippen molar-refractivity contribution in [3.63, 3.8) is 0 Å². The number of phenolic OH excluding ortho intramolecular Hbond substituents is 2.